The molecule has 0 unspecified atom stereocenters. The van der Waals surface area contributed by atoms with Gasteiger partial charge in [0.05, 0.1) is 20.8 Å². The number of nitrogen functional groups attached to an aromatic ring is 1. The van der Waals surface area contributed by atoms with Crippen molar-refractivity contribution in [3.8, 4) is 9.88 Å². The molecule has 2 aromatic heterocycles. The maximum absolute atomic E-state index is 13.1. The molecule has 0 fully saturated rings. The number of rotatable bonds is 1. The molecule has 2 nitrogen and oxygen atoms in total. The van der Waals surface area contributed by atoms with Crippen LogP contribution in [0.5, 0.6) is 0 Å². The predicted octanol–water partition coefficient (Wildman–Crippen LogP) is 4.05. The number of thiophene rings is 1. The first-order chi connectivity index (χ1) is 8.15. The van der Waals surface area contributed by atoms with Gasteiger partial charge in [-0.25, -0.2) is 9.37 Å². The monoisotopic (exact) mass is 264 g/mol. The van der Waals surface area contributed by atoms with Gasteiger partial charge in [0.25, 0.3) is 0 Å². The Balaban J connectivity index is 2.21. The molecule has 3 aromatic rings. The molecular formula is C12H9FN2S2. The number of fused-ring (bicyclic) bond motifs is 1. The van der Waals surface area contributed by atoms with Crippen molar-refractivity contribution in [3.63, 3.8) is 0 Å². The highest BCUT2D eigenvalue weighted by molar-refractivity contribution is 7.25. The summed E-state index contributed by atoms with van der Waals surface area (Å²) in [5.41, 5.74) is 8.64. The second kappa shape index (κ2) is 3.78. The minimum absolute atomic E-state index is 0.233. The van der Waals surface area contributed by atoms with Crippen LogP contribution < -0.4 is 5.73 Å². The van der Waals surface area contributed by atoms with E-state index in [0.29, 0.717) is 0 Å². The molecule has 5 heteroatoms. The van der Waals surface area contributed by atoms with Crippen LogP contribution in [0.4, 0.5) is 10.1 Å². The van der Waals surface area contributed by atoms with Gasteiger partial charge in [0.2, 0.25) is 0 Å². The van der Waals surface area contributed by atoms with Crippen molar-refractivity contribution in [1.29, 1.82) is 0 Å². The lowest BCUT2D eigenvalue weighted by Crippen LogP contribution is -1.86. The number of aryl methyl sites for hydroxylation is 1. The molecule has 0 saturated carbocycles. The fraction of sp³-hybridized carbons (Fsp3) is 0.0833. The van der Waals surface area contributed by atoms with Crippen molar-refractivity contribution in [3.05, 3.63) is 35.0 Å². The van der Waals surface area contributed by atoms with Gasteiger partial charge in [-0.1, -0.05) is 0 Å². The molecule has 2 N–H and O–H groups in total. The average molecular weight is 264 g/mol. The van der Waals surface area contributed by atoms with Crippen molar-refractivity contribution in [2.75, 3.05) is 5.73 Å². The number of benzene rings is 1. The zero-order chi connectivity index (χ0) is 12.0. The third-order valence-electron chi connectivity index (χ3n) is 2.57. The van der Waals surface area contributed by atoms with Gasteiger partial charge in [-0.2, -0.15) is 0 Å². The van der Waals surface area contributed by atoms with E-state index in [1.807, 2.05) is 12.3 Å². The van der Waals surface area contributed by atoms with Gasteiger partial charge in [0, 0.05) is 0 Å². The molecular weight excluding hydrogens is 255 g/mol. The van der Waals surface area contributed by atoms with Crippen LogP contribution in [-0.4, -0.2) is 4.98 Å². The number of aromatic nitrogens is 1. The Kier molecular flexibility index (Phi) is 2.38. The first kappa shape index (κ1) is 10.7. The number of nitrogens with two attached hydrogens (primary N) is 1. The molecule has 0 bridgehead atoms. The second-order valence-corrected chi connectivity index (χ2v) is 5.70. The number of hydrogen-bond acceptors (Lipinski definition) is 4. The summed E-state index contributed by atoms with van der Waals surface area (Å²) < 4.78 is 13.9. The number of nitrogens with zero attached hydrogens (tertiary/aromatic N) is 1. The average Bonchev–Trinajstić information content (AvgIpc) is 2.83. The standard InChI is InChI=1S/C12H9FN2S2/c1-6-5-16-11(10(6)14)12-15-8-3-2-7(13)4-9(8)17-12/h2-5H,14H2,1H3. The maximum atomic E-state index is 13.1. The fourth-order valence-electron chi connectivity index (χ4n) is 1.61. The number of anilines is 1. The largest absolute Gasteiger partial charge is 0.397 e. The SMILES string of the molecule is Cc1csc(-c2nc3ccc(F)cc3s2)c1N. The van der Waals surface area contributed by atoms with E-state index in [2.05, 4.69) is 4.98 Å². The molecule has 0 aliphatic carbocycles. The van der Waals surface area contributed by atoms with Crippen LogP contribution in [-0.2, 0) is 0 Å². The predicted molar refractivity (Wildman–Crippen MR) is 72.0 cm³/mol. The molecule has 0 atom stereocenters. The Morgan fingerprint density at radius 3 is 2.88 bits per heavy atom. The molecule has 0 aliphatic heterocycles. The van der Waals surface area contributed by atoms with Crippen LogP contribution in [0.2, 0.25) is 0 Å². The minimum Gasteiger partial charge on any atom is -0.397 e. The molecule has 86 valence electrons. The lowest BCUT2D eigenvalue weighted by Gasteiger charge is -1.93. The van der Waals surface area contributed by atoms with Crippen molar-refractivity contribution < 1.29 is 4.39 Å². The lowest BCUT2D eigenvalue weighted by molar-refractivity contribution is 0.630. The van der Waals surface area contributed by atoms with E-state index in [-0.39, 0.29) is 5.82 Å². The van der Waals surface area contributed by atoms with Crippen LogP contribution in [0.25, 0.3) is 20.1 Å². The van der Waals surface area contributed by atoms with Gasteiger partial charge < -0.3 is 5.73 Å². The maximum Gasteiger partial charge on any atom is 0.136 e. The summed E-state index contributed by atoms with van der Waals surface area (Å²) in [5, 5.41) is 2.87. The summed E-state index contributed by atoms with van der Waals surface area (Å²) in [6.45, 7) is 1.97. The van der Waals surface area contributed by atoms with Gasteiger partial charge in [-0.05, 0) is 36.1 Å². The Morgan fingerprint density at radius 2 is 2.18 bits per heavy atom. The van der Waals surface area contributed by atoms with Crippen LogP contribution in [0.3, 0.4) is 0 Å². The number of hydrogen-bond donors (Lipinski definition) is 1. The van der Waals surface area contributed by atoms with E-state index >= 15 is 0 Å². The Labute approximate surface area is 106 Å². The van der Waals surface area contributed by atoms with Crippen molar-refractivity contribution in [1.82, 2.24) is 4.98 Å². The molecule has 0 amide bonds. The fourth-order valence-corrected chi connectivity index (χ4v) is 3.68. The van der Waals surface area contributed by atoms with Crippen molar-refractivity contribution >= 4 is 38.6 Å². The molecule has 0 radical (unpaired) electrons. The summed E-state index contributed by atoms with van der Waals surface area (Å²) in [6.07, 6.45) is 0. The van der Waals surface area contributed by atoms with E-state index in [1.54, 1.807) is 17.4 Å². The molecule has 0 aliphatic rings. The van der Waals surface area contributed by atoms with Gasteiger partial charge in [-0.3, -0.25) is 0 Å². The van der Waals surface area contributed by atoms with Gasteiger partial charge >= 0.3 is 0 Å². The van der Waals surface area contributed by atoms with Gasteiger partial charge in [0.15, 0.2) is 0 Å². The first-order valence-electron chi connectivity index (χ1n) is 5.05. The molecule has 0 saturated heterocycles. The Bertz CT molecular complexity index is 700. The molecule has 3 rings (SSSR count). The molecule has 1 aromatic carbocycles. The Hall–Kier alpha value is -1.46. The zero-order valence-corrected chi connectivity index (χ0v) is 10.7. The van der Waals surface area contributed by atoms with Crippen molar-refractivity contribution in [2.24, 2.45) is 0 Å². The molecule has 0 spiro atoms. The first-order valence-corrected chi connectivity index (χ1v) is 6.75. The molecule has 2 heterocycles. The highest BCUT2D eigenvalue weighted by atomic mass is 32.1. The quantitative estimate of drug-likeness (QED) is 0.720. The van der Waals surface area contributed by atoms with Gasteiger partial charge in [0.1, 0.15) is 10.8 Å². The summed E-state index contributed by atoms with van der Waals surface area (Å²) in [7, 11) is 0. The van der Waals surface area contributed by atoms with E-state index < -0.39 is 0 Å². The molecule has 17 heavy (non-hydrogen) atoms. The third-order valence-corrected chi connectivity index (χ3v) is 4.85. The highest BCUT2D eigenvalue weighted by Gasteiger charge is 2.12. The lowest BCUT2D eigenvalue weighted by atomic mass is 10.3. The topological polar surface area (TPSA) is 38.9 Å². The highest BCUT2D eigenvalue weighted by Crippen LogP contribution is 2.38. The summed E-state index contributed by atoms with van der Waals surface area (Å²) in [5.74, 6) is -0.233. The zero-order valence-electron chi connectivity index (χ0n) is 9.03. The van der Waals surface area contributed by atoms with Crippen LogP contribution in [0.1, 0.15) is 5.56 Å². The summed E-state index contributed by atoms with van der Waals surface area (Å²) >= 11 is 3.05. The van der Waals surface area contributed by atoms with Crippen LogP contribution in [0, 0.1) is 12.7 Å². The van der Waals surface area contributed by atoms with Crippen LogP contribution in [0.15, 0.2) is 23.6 Å². The minimum atomic E-state index is -0.233. The summed E-state index contributed by atoms with van der Waals surface area (Å²) in [4.78, 5) is 5.46. The number of halogens is 1. The van der Waals surface area contributed by atoms with E-state index in [4.69, 9.17) is 5.73 Å². The second-order valence-electron chi connectivity index (χ2n) is 3.79. The van der Waals surface area contributed by atoms with E-state index in [9.17, 15) is 4.39 Å². The van der Waals surface area contributed by atoms with Crippen LogP contribution >= 0.6 is 22.7 Å². The summed E-state index contributed by atoms with van der Waals surface area (Å²) in [6, 6.07) is 4.63. The normalized spacial score (nSPS) is 11.2. The van der Waals surface area contributed by atoms with E-state index in [1.165, 1.54) is 23.5 Å². The van der Waals surface area contributed by atoms with E-state index in [0.717, 1.165) is 31.4 Å². The number of thiazole rings is 1. The Morgan fingerprint density at radius 1 is 1.35 bits per heavy atom. The van der Waals surface area contributed by atoms with Gasteiger partial charge in [-0.15, -0.1) is 22.7 Å². The smallest absolute Gasteiger partial charge is 0.136 e. The third kappa shape index (κ3) is 1.71. The van der Waals surface area contributed by atoms with Crippen molar-refractivity contribution in [2.45, 2.75) is 6.92 Å².